The fourth-order valence-corrected chi connectivity index (χ4v) is 6.47. The Morgan fingerprint density at radius 1 is 0.356 bits per heavy atom. The zero-order chi connectivity index (χ0) is 30.7. The summed E-state index contributed by atoms with van der Waals surface area (Å²) in [7, 11) is 0. The topological polar surface area (TPSA) is 90.2 Å². The molecule has 0 saturated carbocycles. The molecular weight excluding hydrogens is 560 g/mol. The van der Waals surface area contributed by atoms with Crippen LogP contribution >= 0.6 is 0 Å². The fourth-order valence-electron chi connectivity index (χ4n) is 6.47. The van der Waals surface area contributed by atoms with Crippen LogP contribution in [-0.2, 0) is 0 Å². The van der Waals surface area contributed by atoms with Gasteiger partial charge in [0.2, 0.25) is 0 Å². The Labute approximate surface area is 258 Å². The number of phenolic OH excluding ortho intramolecular Hbond substituents is 4. The quantitative estimate of drug-likeness (QED) is 0.165. The highest BCUT2D eigenvalue weighted by Gasteiger charge is 2.19. The zero-order valence-corrected chi connectivity index (χ0v) is 23.9. The molecule has 0 bridgehead atoms. The van der Waals surface area contributed by atoms with Crippen LogP contribution in [0.2, 0.25) is 0 Å². The Balaban J connectivity index is 1.33. The highest BCUT2D eigenvalue weighted by molar-refractivity contribution is 6.14. The summed E-state index contributed by atoms with van der Waals surface area (Å²) in [5.74, 6) is 1.93. The third-order valence-electron chi connectivity index (χ3n) is 8.49. The third-order valence-corrected chi connectivity index (χ3v) is 8.49. The van der Waals surface area contributed by atoms with Gasteiger partial charge in [0.25, 0.3) is 0 Å². The maximum absolute atomic E-state index is 11.3. The minimum Gasteiger partial charge on any atom is -0.508 e. The van der Waals surface area contributed by atoms with Gasteiger partial charge < -0.3 is 25.2 Å². The van der Waals surface area contributed by atoms with E-state index in [1.807, 2.05) is 97.1 Å². The Bertz CT molecular complexity index is 2460. The molecule has 0 aliphatic carbocycles. The Morgan fingerprint density at radius 2 is 0.822 bits per heavy atom. The molecule has 8 aromatic carbocycles. The van der Waals surface area contributed by atoms with E-state index in [0.717, 1.165) is 54.2 Å². The zero-order valence-electron chi connectivity index (χ0n) is 23.9. The third kappa shape index (κ3) is 4.33. The van der Waals surface area contributed by atoms with Gasteiger partial charge in [-0.3, -0.25) is 0 Å². The molecule has 0 aliphatic heterocycles. The smallest absolute Gasteiger partial charge is 0.135 e. The second-order valence-corrected chi connectivity index (χ2v) is 11.1. The van der Waals surface area contributed by atoms with Crippen LogP contribution in [0.25, 0.3) is 65.3 Å². The number of aromatic hydroxyl groups is 4. The Kier molecular flexibility index (Phi) is 6.00. The maximum Gasteiger partial charge on any atom is 0.135 e. The lowest BCUT2D eigenvalue weighted by Gasteiger charge is -2.17. The van der Waals surface area contributed by atoms with Crippen molar-refractivity contribution in [1.29, 1.82) is 0 Å². The van der Waals surface area contributed by atoms with Crippen molar-refractivity contribution in [2.75, 3.05) is 0 Å². The molecule has 216 valence electrons. The number of ether oxygens (including phenoxy) is 1. The second kappa shape index (κ2) is 10.2. The molecule has 0 aliphatic rings. The van der Waals surface area contributed by atoms with Gasteiger partial charge >= 0.3 is 0 Å². The normalized spacial score (nSPS) is 11.5. The van der Waals surface area contributed by atoms with Gasteiger partial charge in [-0.2, -0.15) is 0 Å². The van der Waals surface area contributed by atoms with E-state index in [1.165, 1.54) is 0 Å². The summed E-state index contributed by atoms with van der Waals surface area (Å²) in [5.41, 5.74) is 2.99. The lowest BCUT2D eigenvalue weighted by Crippen LogP contribution is -1.91. The van der Waals surface area contributed by atoms with E-state index in [9.17, 15) is 20.4 Å². The highest BCUT2D eigenvalue weighted by Crippen LogP contribution is 2.47. The van der Waals surface area contributed by atoms with Crippen LogP contribution in [-0.4, -0.2) is 20.4 Å². The Morgan fingerprint density at radius 3 is 1.51 bits per heavy atom. The van der Waals surface area contributed by atoms with Gasteiger partial charge in [-0.05, 0) is 104 Å². The predicted molar refractivity (Wildman–Crippen MR) is 181 cm³/mol. The van der Waals surface area contributed by atoms with E-state index in [2.05, 4.69) is 0 Å². The number of rotatable bonds is 4. The average molecular weight is 587 g/mol. The van der Waals surface area contributed by atoms with Crippen LogP contribution in [0.3, 0.4) is 0 Å². The number of phenols is 4. The van der Waals surface area contributed by atoms with E-state index in [4.69, 9.17) is 4.74 Å². The molecule has 8 rings (SSSR count). The van der Waals surface area contributed by atoms with Gasteiger partial charge in [-0.25, -0.2) is 0 Å². The largest absolute Gasteiger partial charge is 0.508 e. The minimum absolute atomic E-state index is 0.128. The molecule has 0 saturated heterocycles. The molecule has 8 aromatic rings. The molecule has 0 spiro atoms. The monoisotopic (exact) mass is 586 g/mol. The standard InChI is InChI=1S/C40H26O5/c41-25-13-15-27-23(21-25)5-1-7-31(27)39-32-8-3-9-33(29(32)17-19-35(39)43)40-34-10-4-12-38(30(34)18-20-36(40)44)45-37-11-2-6-24-22-26(42)14-16-28(24)37/h1-22,41-44H. The summed E-state index contributed by atoms with van der Waals surface area (Å²) in [6, 6.07) is 40.7. The molecule has 0 radical (unpaired) electrons. The van der Waals surface area contributed by atoms with Crippen LogP contribution in [0.5, 0.6) is 34.5 Å². The number of hydrogen-bond acceptors (Lipinski definition) is 5. The van der Waals surface area contributed by atoms with Gasteiger partial charge in [0.15, 0.2) is 0 Å². The second-order valence-electron chi connectivity index (χ2n) is 11.1. The molecule has 0 unspecified atom stereocenters. The molecule has 0 aromatic heterocycles. The van der Waals surface area contributed by atoms with Crippen molar-refractivity contribution in [2.45, 2.75) is 0 Å². The predicted octanol–water partition coefficient (Wildman–Crippen LogP) is 10.2. The van der Waals surface area contributed by atoms with Gasteiger partial charge in [0, 0.05) is 21.9 Å². The molecule has 5 nitrogen and oxygen atoms in total. The van der Waals surface area contributed by atoms with E-state index < -0.39 is 0 Å². The summed E-state index contributed by atoms with van der Waals surface area (Å²) in [6.07, 6.45) is 0. The highest BCUT2D eigenvalue weighted by atomic mass is 16.5. The molecule has 0 atom stereocenters. The van der Waals surface area contributed by atoms with Gasteiger partial charge in [0.05, 0.1) is 0 Å². The summed E-state index contributed by atoms with van der Waals surface area (Å²) in [4.78, 5) is 0. The lowest BCUT2D eigenvalue weighted by atomic mass is 9.88. The SMILES string of the molecule is Oc1ccc2c(Oc3cccc4c(-c5cccc6c(-c7cccc8cc(O)ccc78)c(O)ccc56)c(O)ccc34)cccc2c1. The van der Waals surface area contributed by atoms with Crippen molar-refractivity contribution in [3.8, 4) is 56.8 Å². The molecule has 45 heavy (non-hydrogen) atoms. The number of benzene rings is 8. The van der Waals surface area contributed by atoms with E-state index in [-0.39, 0.29) is 23.0 Å². The van der Waals surface area contributed by atoms with Crippen LogP contribution in [0.1, 0.15) is 0 Å². The van der Waals surface area contributed by atoms with Gasteiger partial charge in [-0.1, -0.05) is 72.8 Å². The van der Waals surface area contributed by atoms with Crippen molar-refractivity contribution in [2.24, 2.45) is 0 Å². The fraction of sp³-hybridized carbons (Fsp3) is 0. The summed E-state index contributed by atoms with van der Waals surface area (Å²) >= 11 is 0. The molecular formula is C40H26O5. The molecule has 5 heteroatoms. The Hall–Kier alpha value is -6.20. The summed E-state index contributed by atoms with van der Waals surface area (Å²) in [5, 5.41) is 49.4. The van der Waals surface area contributed by atoms with E-state index >= 15 is 0 Å². The average Bonchev–Trinajstić information content (AvgIpc) is 3.04. The van der Waals surface area contributed by atoms with Crippen LogP contribution in [0.4, 0.5) is 0 Å². The van der Waals surface area contributed by atoms with Crippen LogP contribution in [0, 0.1) is 0 Å². The van der Waals surface area contributed by atoms with Crippen LogP contribution in [0.15, 0.2) is 133 Å². The lowest BCUT2D eigenvalue weighted by molar-refractivity contribution is 0.475. The first-order valence-electron chi connectivity index (χ1n) is 14.6. The molecule has 0 amide bonds. The number of hydrogen-bond donors (Lipinski definition) is 4. The van der Waals surface area contributed by atoms with E-state index in [1.54, 1.807) is 36.4 Å². The van der Waals surface area contributed by atoms with Crippen molar-refractivity contribution in [3.05, 3.63) is 133 Å². The first-order chi connectivity index (χ1) is 22.0. The van der Waals surface area contributed by atoms with Crippen molar-refractivity contribution in [1.82, 2.24) is 0 Å². The first kappa shape index (κ1) is 26.4. The van der Waals surface area contributed by atoms with Crippen molar-refractivity contribution >= 4 is 43.1 Å². The van der Waals surface area contributed by atoms with Crippen LogP contribution < -0.4 is 4.74 Å². The van der Waals surface area contributed by atoms with Crippen molar-refractivity contribution < 1.29 is 25.2 Å². The summed E-state index contributed by atoms with van der Waals surface area (Å²) < 4.78 is 6.49. The molecule has 0 heterocycles. The number of fused-ring (bicyclic) bond motifs is 4. The van der Waals surface area contributed by atoms with E-state index in [0.29, 0.717) is 22.6 Å². The maximum atomic E-state index is 11.3. The van der Waals surface area contributed by atoms with Crippen molar-refractivity contribution in [3.63, 3.8) is 0 Å². The molecule has 4 N–H and O–H groups in total. The van der Waals surface area contributed by atoms with Gasteiger partial charge in [-0.15, -0.1) is 0 Å². The minimum atomic E-state index is 0.128. The molecule has 0 fully saturated rings. The first-order valence-corrected chi connectivity index (χ1v) is 14.6. The summed E-state index contributed by atoms with van der Waals surface area (Å²) in [6.45, 7) is 0. The van der Waals surface area contributed by atoms with Gasteiger partial charge in [0.1, 0.15) is 34.5 Å².